The zero-order valence-corrected chi connectivity index (χ0v) is 12.9. The number of benzene rings is 1. The Labute approximate surface area is 130 Å². The second-order valence-corrected chi connectivity index (χ2v) is 5.91. The fraction of sp³-hybridized carbons (Fsp3) is 0.529. The number of hydrogen-bond donors (Lipinski definition) is 1. The minimum absolute atomic E-state index is 0.191. The Morgan fingerprint density at radius 2 is 2.05 bits per heavy atom. The first-order valence-electron chi connectivity index (χ1n) is 7.46. The van der Waals surface area contributed by atoms with Crippen LogP contribution in [0.5, 0.6) is 5.75 Å². The molecule has 5 atom stereocenters. The van der Waals surface area contributed by atoms with E-state index in [4.69, 9.17) is 18.9 Å². The third-order valence-electron chi connectivity index (χ3n) is 4.44. The zero-order chi connectivity index (χ0) is 15.7. The standard InChI is InChI=1S/C17H22O5/c1-4-17(2)15(18)9-13-14(22-17)10-20-16(21-13)11-5-7-12(19-3)8-6-11/h4-8,13-16,18H,1,9-10H2,2-3H3/t13-,14+,15+,16+,17-/m0/s1. The van der Waals surface area contributed by atoms with Crippen LogP contribution in [0.2, 0.25) is 0 Å². The van der Waals surface area contributed by atoms with Crippen LogP contribution in [0.3, 0.4) is 0 Å². The molecule has 0 unspecified atom stereocenters. The van der Waals surface area contributed by atoms with E-state index in [1.165, 1.54) is 0 Å². The van der Waals surface area contributed by atoms with E-state index in [-0.39, 0.29) is 12.2 Å². The SMILES string of the molecule is C=C[C@]1(C)O[C@@H]2CO[C@@H](c3ccc(OC)cc3)O[C@H]2C[C@H]1O. The summed E-state index contributed by atoms with van der Waals surface area (Å²) in [6.07, 6.45) is 0.675. The van der Waals surface area contributed by atoms with Gasteiger partial charge in [-0.3, -0.25) is 0 Å². The molecule has 2 aliphatic heterocycles. The third kappa shape index (κ3) is 2.77. The summed E-state index contributed by atoms with van der Waals surface area (Å²) in [6.45, 7) is 6.00. The Hall–Kier alpha value is -1.40. The van der Waals surface area contributed by atoms with Crippen LogP contribution in [0.25, 0.3) is 0 Å². The maximum Gasteiger partial charge on any atom is 0.184 e. The van der Waals surface area contributed by atoms with Gasteiger partial charge in [0.05, 0.1) is 25.9 Å². The molecule has 0 aliphatic carbocycles. The van der Waals surface area contributed by atoms with Crippen molar-refractivity contribution in [3.05, 3.63) is 42.5 Å². The molecule has 1 N–H and O–H groups in total. The van der Waals surface area contributed by atoms with Gasteiger partial charge in [-0.25, -0.2) is 0 Å². The Bertz CT molecular complexity index is 528. The Morgan fingerprint density at radius 3 is 2.68 bits per heavy atom. The number of ether oxygens (including phenoxy) is 4. The van der Waals surface area contributed by atoms with Gasteiger partial charge in [0.25, 0.3) is 0 Å². The highest BCUT2D eigenvalue weighted by atomic mass is 16.7. The smallest absolute Gasteiger partial charge is 0.184 e. The zero-order valence-electron chi connectivity index (χ0n) is 12.9. The first-order chi connectivity index (χ1) is 10.6. The number of aliphatic hydroxyl groups excluding tert-OH is 1. The van der Waals surface area contributed by atoms with Crippen molar-refractivity contribution in [3.8, 4) is 5.75 Å². The van der Waals surface area contributed by atoms with E-state index in [0.29, 0.717) is 13.0 Å². The first kappa shape index (κ1) is 15.5. The Balaban J connectivity index is 1.70. The van der Waals surface area contributed by atoms with Gasteiger partial charge in [-0.2, -0.15) is 0 Å². The summed E-state index contributed by atoms with van der Waals surface area (Å²) in [6, 6.07) is 7.57. The maximum atomic E-state index is 10.3. The molecule has 0 radical (unpaired) electrons. The van der Waals surface area contributed by atoms with Gasteiger partial charge in [-0.05, 0) is 19.1 Å². The van der Waals surface area contributed by atoms with Gasteiger partial charge in [-0.1, -0.05) is 18.2 Å². The predicted octanol–water partition coefficient (Wildman–Crippen LogP) is 2.20. The molecule has 5 nitrogen and oxygen atoms in total. The lowest BCUT2D eigenvalue weighted by atomic mass is 9.88. The summed E-state index contributed by atoms with van der Waals surface area (Å²) < 4.78 is 22.8. The minimum Gasteiger partial charge on any atom is -0.497 e. The van der Waals surface area contributed by atoms with Crippen molar-refractivity contribution < 1.29 is 24.1 Å². The molecule has 22 heavy (non-hydrogen) atoms. The van der Waals surface area contributed by atoms with Crippen molar-refractivity contribution in [2.24, 2.45) is 0 Å². The molecule has 1 aromatic carbocycles. The quantitative estimate of drug-likeness (QED) is 0.868. The van der Waals surface area contributed by atoms with E-state index in [1.54, 1.807) is 13.2 Å². The summed E-state index contributed by atoms with van der Waals surface area (Å²) in [5.41, 5.74) is 0.173. The first-order valence-corrected chi connectivity index (χ1v) is 7.46. The van der Waals surface area contributed by atoms with Gasteiger partial charge >= 0.3 is 0 Å². The van der Waals surface area contributed by atoms with Crippen LogP contribution in [0.4, 0.5) is 0 Å². The molecule has 0 spiro atoms. The molecule has 2 aliphatic rings. The molecule has 0 aromatic heterocycles. The largest absolute Gasteiger partial charge is 0.497 e. The van der Waals surface area contributed by atoms with E-state index >= 15 is 0 Å². The molecule has 120 valence electrons. The van der Waals surface area contributed by atoms with Crippen molar-refractivity contribution in [3.63, 3.8) is 0 Å². The summed E-state index contributed by atoms with van der Waals surface area (Å²) in [5.74, 6) is 0.788. The van der Waals surface area contributed by atoms with Gasteiger partial charge in [0.2, 0.25) is 0 Å². The van der Waals surface area contributed by atoms with E-state index in [9.17, 15) is 5.11 Å². The van der Waals surface area contributed by atoms with Crippen LogP contribution in [0.1, 0.15) is 25.2 Å². The van der Waals surface area contributed by atoms with Crippen molar-refractivity contribution in [1.29, 1.82) is 0 Å². The number of aliphatic hydroxyl groups is 1. The fourth-order valence-corrected chi connectivity index (χ4v) is 2.87. The summed E-state index contributed by atoms with van der Waals surface area (Å²) in [7, 11) is 1.63. The normalized spacial score (nSPS) is 38.1. The van der Waals surface area contributed by atoms with Crippen molar-refractivity contribution in [2.75, 3.05) is 13.7 Å². The lowest BCUT2D eigenvalue weighted by molar-refractivity contribution is -0.312. The molecule has 1 aromatic rings. The highest BCUT2D eigenvalue weighted by molar-refractivity contribution is 5.28. The number of rotatable bonds is 3. The molecular formula is C17H22O5. The van der Waals surface area contributed by atoms with Crippen molar-refractivity contribution in [2.45, 2.75) is 43.5 Å². The van der Waals surface area contributed by atoms with Gasteiger partial charge in [0, 0.05) is 12.0 Å². The number of hydrogen-bond acceptors (Lipinski definition) is 5. The van der Waals surface area contributed by atoms with Gasteiger partial charge in [0.15, 0.2) is 6.29 Å². The summed E-state index contributed by atoms with van der Waals surface area (Å²) in [4.78, 5) is 0. The summed E-state index contributed by atoms with van der Waals surface area (Å²) >= 11 is 0. The van der Waals surface area contributed by atoms with Gasteiger partial charge in [-0.15, -0.1) is 6.58 Å². The topological polar surface area (TPSA) is 57.2 Å². The second kappa shape index (κ2) is 6.01. The van der Waals surface area contributed by atoms with Crippen molar-refractivity contribution >= 4 is 0 Å². The lowest BCUT2D eigenvalue weighted by Crippen LogP contribution is -2.57. The Morgan fingerprint density at radius 1 is 1.32 bits per heavy atom. The van der Waals surface area contributed by atoms with Gasteiger partial charge in [0.1, 0.15) is 17.5 Å². The van der Waals surface area contributed by atoms with Crippen LogP contribution in [0, 0.1) is 0 Å². The Kier molecular flexibility index (Phi) is 4.23. The monoisotopic (exact) mass is 306 g/mol. The van der Waals surface area contributed by atoms with E-state index < -0.39 is 18.0 Å². The summed E-state index contributed by atoms with van der Waals surface area (Å²) in [5, 5.41) is 10.3. The maximum absolute atomic E-state index is 10.3. The average Bonchev–Trinajstić information content (AvgIpc) is 2.55. The molecule has 2 fully saturated rings. The molecule has 0 amide bonds. The highest BCUT2D eigenvalue weighted by Crippen LogP contribution is 2.38. The fourth-order valence-electron chi connectivity index (χ4n) is 2.87. The highest BCUT2D eigenvalue weighted by Gasteiger charge is 2.47. The van der Waals surface area contributed by atoms with Crippen LogP contribution in [-0.2, 0) is 14.2 Å². The van der Waals surface area contributed by atoms with E-state index in [1.807, 2.05) is 31.2 Å². The van der Waals surface area contributed by atoms with E-state index in [2.05, 4.69) is 6.58 Å². The number of methoxy groups -OCH3 is 1. The van der Waals surface area contributed by atoms with Crippen LogP contribution >= 0.6 is 0 Å². The molecule has 2 heterocycles. The van der Waals surface area contributed by atoms with E-state index in [0.717, 1.165) is 11.3 Å². The number of fused-ring (bicyclic) bond motifs is 1. The lowest BCUT2D eigenvalue weighted by Gasteiger charge is -2.47. The predicted molar refractivity (Wildman–Crippen MR) is 80.7 cm³/mol. The second-order valence-electron chi connectivity index (χ2n) is 5.91. The van der Waals surface area contributed by atoms with Crippen LogP contribution < -0.4 is 4.74 Å². The van der Waals surface area contributed by atoms with Crippen molar-refractivity contribution in [1.82, 2.24) is 0 Å². The molecular weight excluding hydrogens is 284 g/mol. The molecule has 0 saturated carbocycles. The minimum atomic E-state index is -0.749. The molecule has 2 saturated heterocycles. The molecule has 3 rings (SSSR count). The molecule has 5 heteroatoms. The average molecular weight is 306 g/mol. The van der Waals surface area contributed by atoms with Crippen LogP contribution in [-0.4, -0.2) is 42.7 Å². The van der Waals surface area contributed by atoms with Gasteiger partial charge < -0.3 is 24.1 Å². The molecule has 0 bridgehead atoms. The third-order valence-corrected chi connectivity index (χ3v) is 4.44. The van der Waals surface area contributed by atoms with Crippen LogP contribution in [0.15, 0.2) is 36.9 Å².